The summed E-state index contributed by atoms with van der Waals surface area (Å²) in [4.78, 5) is 23.7. The maximum Gasteiger partial charge on any atom is 0.292 e. The number of aliphatic hydroxyl groups is 1. The minimum Gasteiger partial charge on any atom is -0.393 e. The molecule has 7 heteroatoms. The van der Waals surface area contributed by atoms with E-state index in [1.165, 1.54) is 18.2 Å². The lowest BCUT2D eigenvalue weighted by molar-refractivity contribution is -0.384. The zero-order valence-corrected chi connectivity index (χ0v) is 11.2. The third-order valence-corrected chi connectivity index (χ3v) is 3.66. The molecule has 1 aromatic rings. The quantitative estimate of drug-likeness (QED) is 0.631. The van der Waals surface area contributed by atoms with E-state index < -0.39 is 16.9 Å². The molecule has 0 bridgehead atoms. The number of hydrogen-bond donors (Lipinski definition) is 2. The highest BCUT2D eigenvalue weighted by atomic mass is 16.6. The fourth-order valence-corrected chi connectivity index (χ4v) is 2.44. The van der Waals surface area contributed by atoms with Crippen LogP contribution in [0.2, 0.25) is 0 Å². The first-order chi connectivity index (χ1) is 9.40. The standard InChI is InChI=1S/C13H17N3O4/c1-8-7-15(5-4-12(8)17)11-6-9(13(14)18)2-3-10(11)16(19)20/h2-3,6,8,12,17H,4-5,7H2,1H3,(H2,14,18). The number of rotatable bonds is 3. The number of amides is 1. The van der Waals surface area contributed by atoms with Crippen LogP contribution in [0.3, 0.4) is 0 Å². The predicted molar refractivity (Wildman–Crippen MR) is 73.6 cm³/mol. The maximum atomic E-state index is 11.2. The second-order valence-corrected chi connectivity index (χ2v) is 5.10. The zero-order chi connectivity index (χ0) is 14.9. The number of primary amides is 1. The first-order valence-electron chi connectivity index (χ1n) is 6.41. The summed E-state index contributed by atoms with van der Waals surface area (Å²) >= 11 is 0. The molecule has 1 amide bonds. The fraction of sp³-hybridized carbons (Fsp3) is 0.462. The van der Waals surface area contributed by atoms with Crippen molar-refractivity contribution in [3.05, 3.63) is 33.9 Å². The largest absolute Gasteiger partial charge is 0.393 e. The molecular formula is C13H17N3O4. The van der Waals surface area contributed by atoms with E-state index >= 15 is 0 Å². The number of piperidine rings is 1. The Balaban J connectivity index is 2.39. The summed E-state index contributed by atoms with van der Waals surface area (Å²) in [6, 6.07) is 4.10. The summed E-state index contributed by atoms with van der Waals surface area (Å²) in [5, 5.41) is 20.8. The van der Waals surface area contributed by atoms with Crippen molar-refractivity contribution in [2.75, 3.05) is 18.0 Å². The molecule has 1 heterocycles. The Morgan fingerprint density at radius 2 is 2.25 bits per heavy atom. The van der Waals surface area contributed by atoms with Crippen LogP contribution in [0, 0.1) is 16.0 Å². The van der Waals surface area contributed by atoms with Crippen molar-refractivity contribution in [3.63, 3.8) is 0 Å². The molecule has 2 rings (SSSR count). The number of nitro benzene ring substituents is 1. The van der Waals surface area contributed by atoms with Crippen LogP contribution < -0.4 is 10.6 Å². The van der Waals surface area contributed by atoms with Crippen molar-refractivity contribution >= 4 is 17.3 Å². The molecule has 7 nitrogen and oxygen atoms in total. The van der Waals surface area contributed by atoms with Crippen LogP contribution in [0.4, 0.5) is 11.4 Å². The van der Waals surface area contributed by atoms with Gasteiger partial charge in [0.1, 0.15) is 5.69 Å². The van der Waals surface area contributed by atoms with Crippen molar-refractivity contribution in [1.29, 1.82) is 0 Å². The number of aliphatic hydroxyl groups excluding tert-OH is 1. The molecular weight excluding hydrogens is 262 g/mol. The molecule has 1 saturated heterocycles. The van der Waals surface area contributed by atoms with E-state index in [4.69, 9.17) is 5.73 Å². The van der Waals surface area contributed by atoms with Gasteiger partial charge in [0.25, 0.3) is 5.69 Å². The second kappa shape index (κ2) is 5.46. The number of nitrogens with zero attached hydrogens (tertiary/aromatic N) is 2. The average molecular weight is 279 g/mol. The van der Waals surface area contributed by atoms with Crippen molar-refractivity contribution in [2.24, 2.45) is 11.7 Å². The fourth-order valence-electron chi connectivity index (χ4n) is 2.44. The van der Waals surface area contributed by atoms with Crippen LogP contribution in [0.25, 0.3) is 0 Å². The highest BCUT2D eigenvalue weighted by Gasteiger charge is 2.28. The Bertz CT molecular complexity index is 546. The van der Waals surface area contributed by atoms with E-state index in [9.17, 15) is 20.0 Å². The topological polar surface area (TPSA) is 110 Å². The van der Waals surface area contributed by atoms with Crippen molar-refractivity contribution in [1.82, 2.24) is 0 Å². The van der Waals surface area contributed by atoms with Crippen LogP contribution in [0.5, 0.6) is 0 Å². The van der Waals surface area contributed by atoms with Gasteiger partial charge in [-0.25, -0.2) is 0 Å². The Kier molecular flexibility index (Phi) is 3.89. The van der Waals surface area contributed by atoms with Gasteiger partial charge < -0.3 is 15.7 Å². The summed E-state index contributed by atoms with van der Waals surface area (Å²) in [5.74, 6) is -0.605. The molecule has 1 aliphatic heterocycles. The smallest absolute Gasteiger partial charge is 0.292 e. The number of nitrogens with two attached hydrogens (primary N) is 1. The van der Waals surface area contributed by atoms with Crippen molar-refractivity contribution in [2.45, 2.75) is 19.4 Å². The van der Waals surface area contributed by atoms with Crippen LogP contribution >= 0.6 is 0 Å². The van der Waals surface area contributed by atoms with Gasteiger partial charge >= 0.3 is 0 Å². The first-order valence-corrected chi connectivity index (χ1v) is 6.41. The normalized spacial score (nSPS) is 22.6. The maximum absolute atomic E-state index is 11.2. The second-order valence-electron chi connectivity index (χ2n) is 5.10. The van der Waals surface area contributed by atoms with Gasteiger partial charge in [-0.2, -0.15) is 0 Å². The summed E-state index contributed by atoms with van der Waals surface area (Å²) in [6.45, 7) is 2.90. The van der Waals surface area contributed by atoms with Crippen molar-refractivity contribution in [3.8, 4) is 0 Å². The van der Waals surface area contributed by atoms with Gasteiger partial charge in [-0.1, -0.05) is 6.92 Å². The highest BCUT2D eigenvalue weighted by molar-refractivity contribution is 5.94. The number of carbonyl (C=O) groups excluding carboxylic acids is 1. The Morgan fingerprint density at radius 3 is 2.80 bits per heavy atom. The molecule has 3 N–H and O–H groups in total. The van der Waals surface area contributed by atoms with Crippen LogP contribution in [-0.4, -0.2) is 35.1 Å². The summed E-state index contributed by atoms with van der Waals surface area (Å²) in [6.07, 6.45) is 0.142. The SMILES string of the molecule is CC1CN(c2cc(C(N)=O)ccc2[N+](=O)[O-])CCC1O. The molecule has 0 spiro atoms. The Morgan fingerprint density at radius 1 is 1.55 bits per heavy atom. The lowest BCUT2D eigenvalue weighted by Gasteiger charge is -2.35. The monoisotopic (exact) mass is 279 g/mol. The van der Waals surface area contributed by atoms with Gasteiger partial charge in [0.05, 0.1) is 11.0 Å². The minimum absolute atomic E-state index is 0.0144. The van der Waals surface area contributed by atoms with E-state index in [2.05, 4.69) is 0 Å². The molecule has 0 saturated carbocycles. The molecule has 1 aliphatic rings. The predicted octanol–water partition coefficient (Wildman–Crippen LogP) is 0.901. The van der Waals surface area contributed by atoms with Gasteiger partial charge in [0.2, 0.25) is 5.91 Å². The molecule has 0 radical (unpaired) electrons. The third-order valence-electron chi connectivity index (χ3n) is 3.66. The summed E-state index contributed by atoms with van der Waals surface area (Å²) < 4.78 is 0. The summed E-state index contributed by atoms with van der Waals surface area (Å²) in [7, 11) is 0. The van der Waals surface area contributed by atoms with E-state index in [-0.39, 0.29) is 17.2 Å². The first kappa shape index (κ1) is 14.3. The van der Waals surface area contributed by atoms with Gasteiger partial charge in [-0.15, -0.1) is 0 Å². The Hall–Kier alpha value is -2.15. The lowest BCUT2D eigenvalue weighted by Crippen LogP contribution is -2.42. The molecule has 0 aromatic heterocycles. The van der Waals surface area contributed by atoms with Crippen LogP contribution in [0.1, 0.15) is 23.7 Å². The average Bonchev–Trinajstić information content (AvgIpc) is 2.41. The highest BCUT2D eigenvalue weighted by Crippen LogP contribution is 2.32. The van der Waals surface area contributed by atoms with Gasteiger partial charge in [0, 0.05) is 24.7 Å². The van der Waals surface area contributed by atoms with Gasteiger partial charge in [-0.05, 0) is 24.5 Å². The van der Waals surface area contributed by atoms with E-state index in [1.54, 1.807) is 0 Å². The lowest BCUT2D eigenvalue weighted by atomic mass is 9.96. The molecule has 2 unspecified atom stereocenters. The number of nitro groups is 1. The molecule has 108 valence electrons. The molecule has 1 fully saturated rings. The molecule has 2 atom stereocenters. The number of carbonyl (C=O) groups is 1. The van der Waals surface area contributed by atoms with Crippen LogP contribution in [0.15, 0.2) is 18.2 Å². The Labute approximate surface area is 116 Å². The van der Waals surface area contributed by atoms with E-state index in [0.29, 0.717) is 25.2 Å². The zero-order valence-electron chi connectivity index (χ0n) is 11.2. The third kappa shape index (κ3) is 2.72. The number of hydrogen-bond acceptors (Lipinski definition) is 5. The van der Waals surface area contributed by atoms with Gasteiger partial charge in [-0.3, -0.25) is 14.9 Å². The number of anilines is 1. The van der Waals surface area contributed by atoms with E-state index in [1.807, 2.05) is 11.8 Å². The van der Waals surface area contributed by atoms with Crippen LogP contribution in [-0.2, 0) is 0 Å². The van der Waals surface area contributed by atoms with Crippen molar-refractivity contribution < 1.29 is 14.8 Å². The van der Waals surface area contributed by atoms with E-state index in [0.717, 1.165) is 0 Å². The van der Waals surface area contributed by atoms with Gasteiger partial charge in [0.15, 0.2) is 0 Å². The summed E-state index contributed by atoms with van der Waals surface area (Å²) in [5.41, 5.74) is 5.78. The molecule has 0 aliphatic carbocycles. The number of benzene rings is 1. The molecule has 20 heavy (non-hydrogen) atoms. The molecule has 1 aromatic carbocycles. The minimum atomic E-state index is -0.619.